The molecule has 3 aromatic rings. The highest BCUT2D eigenvalue weighted by molar-refractivity contribution is 5.92. The van der Waals surface area contributed by atoms with E-state index < -0.39 is 41.6 Å². The summed E-state index contributed by atoms with van der Waals surface area (Å²) in [4.78, 5) is 54.8. The zero-order chi connectivity index (χ0) is 30.2. The molecule has 3 N–H and O–H groups in total. The van der Waals surface area contributed by atoms with Crippen LogP contribution in [-0.2, 0) is 48.0 Å². The molecule has 0 saturated carbocycles. The number of alkyl carbamates (subject to hydrolysis) is 1. The molecule has 41 heavy (non-hydrogen) atoms. The number of ether oxygens (including phenoxy) is 3. The van der Waals surface area contributed by atoms with Gasteiger partial charge in [0.25, 0.3) is 0 Å². The van der Waals surface area contributed by atoms with Crippen LogP contribution in [0.25, 0.3) is 10.9 Å². The normalized spacial score (nSPS) is 12.9. The number of aromatic amines is 1. The SMILES string of the molecule is COC(=O)[C@@H](NC(=O)[C@H](Cc1c(CC(=O)OCc2ccccc2)[nH]c2ccccc12)NC(=O)OC(C)(C)C)C(C)C. The van der Waals surface area contributed by atoms with Gasteiger partial charge in [0.1, 0.15) is 24.3 Å². The molecule has 220 valence electrons. The van der Waals surface area contributed by atoms with E-state index in [0.717, 1.165) is 16.5 Å². The van der Waals surface area contributed by atoms with Crippen LogP contribution in [0.15, 0.2) is 54.6 Å². The lowest BCUT2D eigenvalue weighted by Gasteiger charge is -2.26. The van der Waals surface area contributed by atoms with E-state index in [1.54, 1.807) is 34.6 Å². The molecule has 0 radical (unpaired) electrons. The maximum Gasteiger partial charge on any atom is 0.408 e. The number of nitrogens with one attached hydrogen (secondary N) is 3. The molecule has 3 rings (SSSR count). The summed E-state index contributed by atoms with van der Waals surface area (Å²) in [6.45, 7) is 8.82. The van der Waals surface area contributed by atoms with Crippen LogP contribution in [0, 0.1) is 5.92 Å². The molecule has 1 aromatic heterocycles. The monoisotopic (exact) mass is 565 g/mol. The van der Waals surface area contributed by atoms with Crippen molar-refractivity contribution in [3.05, 3.63) is 71.4 Å². The van der Waals surface area contributed by atoms with Crippen LogP contribution < -0.4 is 10.6 Å². The molecule has 0 aliphatic rings. The first-order valence-corrected chi connectivity index (χ1v) is 13.5. The van der Waals surface area contributed by atoms with E-state index in [0.29, 0.717) is 11.3 Å². The van der Waals surface area contributed by atoms with Crippen LogP contribution in [0.4, 0.5) is 4.79 Å². The molecule has 0 spiro atoms. The molecule has 10 nitrogen and oxygen atoms in total. The van der Waals surface area contributed by atoms with Gasteiger partial charge in [-0.3, -0.25) is 9.59 Å². The second kappa shape index (κ2) is 13.8. The Morgan fingerprint density at radius 2 is 1.59 bits per heavy atom. The standard InChI is InChI=1S/C31H39N3O7/c1-19(2)27(29(37)39-6)34-28(36)25(33-30(38)41-31(3,4)5)16-22-21-14-10-11-15-23(21)32-24(22)17-26(35)40-18-20-12-8-7-9-13-20/h7-15,19,25,27,32H,16-18H2,1-6H3,(H,33,38)(H,34,36)/t25-,27-/m0/s1. The Bertz CT molecular complexity index is 1360. The summed E-state index contributed by atoms with van der Waals surface area (Å²) in [6, 6.07) is 14.7. The Balaban J connectivity index is 1.90. The number of methoxy groups -OCH3 is 1. The molecule has 0 bridgehead atoms. The smallest absolute Gasteiger partial charge is 0.408 e. The first-order chi connectivity index (χ1) is 19.4. The number of rotatable bonds is 11. The first kappa shape index (κ1) is 31.2. The van der Waals surface area contributed by atoms with Crippen LogP contribution in [-0.4, -0.2) is 53.7 Å². The zero-order valence-electron chi connectivity index (χ0n) is 24.4. The van der Waals surface area contributed by atoms with Crippen LogP contribution in [0.2, 0.25) is 0 Å². The van der Waals surface area contributed by atoms with Crippen molar-refractivity contribution in [1.29, 1.82) is 0 Å². The molecule has 0 aliphatic heterocycles. The Morgan fingerprint density at radius 3 is 2.22 bits per heavy atom. The number of fused-ring (bicyclic) bond motifs is 1. The second-order valence-corrected chi connectivity index (χ2v) is 11.1. The molecule has 10 heteroatoms. The number of amides is 2. The van der Waals surface area contributed by atoms with Gasteiger partial charge in [-0.2, -0.15) is 0 Å². The summed E-state index contributed by atoms with van der Waals surface area (Å²) in [5, 5.41) is 6.15. The van der Waals surface area contributed by atoms with Crippen molar-refractivity contribution in [2.24, 2.45) is 5.92 Å². The Kier molecular flexibility index (Phi) is 10.5. The summed E-state index contributed by atoms with van der Waals surface area (Å²) in [6.07, 6.45) is -0.850. The highest BCUT2D eigenvalue weighted by Gasteiger charge is 2.32. The maximum atomic E-state index is 13.5. The number of H-pyrrole nitrogens is 1. The number of carbonyl (C=O) groups is 4. The molecule has 1 heterocycles. The van der Waals surface area contributed by atoms with Gasteiger partial charge in [-0.05, 0) is 43.9 Å². The quantitative estimate of drug-likeness (QED) is 0.234. The number of benzene rings is 2. The third kappa shape index (κ3) is 9.09. The minimum Gasteiger partial charge on any atom is -0.467 e. The van der Waals surface area contributed by atoms with E-state index in [-0.39, 0.29) is 25.4 Å². The lowest BCUT2D eigenvalue weighted by molar-refractivity contribution is -0.146. The van der Waals surface area contributed by atoms with Gasteiger partial charge >= 0.3 is 18.0 Å². The molecule has 2 aromatic carbocycles. The van der Waals surface area contributed by atoms with E-state index in [1.807, 2.05) is 54.6 Å². The van der Waals surface area contributed by atoms with Crippen LogP contribution in [0.1, 0.15) is 51.4 Å². The van der Waals surface area contributed by atoms with E-state index in [1.165, 1.54) is 7.11 Å². The second-order valence-electron chi connectivity index (χ2n) is 11.1. The minimum atomic E-state index is -1.13. The van der Waals surface area contributed by atoms with Gasteiger partial charge in [0.05, 0.1) is 13.5 Å². The minimum absolute atomic E-state index is 0.0162. The topological polar surface area (TPSA) is 136 Å². The van der Waals surface area contributed by atoms with Gasteiger partial charge in [-0.1, -0.05) is 62.4 Å². The summed E-state index contributed by atoms with van der Waals surface area (Å²) in [5.41, 5.74) is 2.04. The predicted molar refractivity (Wildman–Crippen MR) is 154 cm³/mol. The molecular formula is C31H39N3O7. The lowest BCUT2D eigenvalue weighted by Crippen LogP contribution is -2.54. The summed E-state index contributed by atoms with van der Waals surface area (Å²) < 4.78 is 15.8. The van der Waals surface area contributed by atoms with Crippen molar-refractivity contribution < 1.29 is 33.4 Å². The summed E-state index contributed by atoms with van der Waals surface area (Å²) in [7, 11) is 1.25. The molecule has 0 fully saturated rings. The highest BCUT2D eigenvalue weighted by atomic mass is 16.6. The number of carbonyl (C=O) groups excluding carboxylic acids is 4. The number of esters is 2. The van der Waals surface area contributed by atoms with Crippen molar-refractivity contribution >= 4 is 34.8 Å². The number of hydrogen-bond donors (Lipinski definition) is 3. The van der Waals surface area contributed by atoms with E-state index in [2.05, 4.69) is 15.6 Å². The number of para-hydroxylation sites is 1. The summed E-state index contributed by atoms with van der Waals surface area (Å²) in [5.74, 6) is -1.91. The van der Waals surface area contributed by atoms with Gasteiger partial charge in [-0.15, -0.1) is 0 Å². The maximum absolute atomic E-state index is 13.5. The number of aromatic nitrogens is 1. The first-order valence-electron chi connectivity index (χ1n) is 13.5. The summed E-state index contributed by atoms with van der Waals surface area (Å²) >= 11 is 0. The van der Waals surface area contributed by atoms with E-state index >= 15 is 0 Å². The molecular weight excluding hydrogens is 526 g/mol. The third-order valence-electron chi connectivity index (χ3n) is 6.30. The van der Waals surface area contributed by atoms with Crippen molar-refractivity contribution in [2.75, 3.05) is 7.11 Å². The van der Waals surface area contributed by atoms with Crippen LogP contribution >= 0.6 is 0 Å². The van der Waals surface area contributed by atoms with Crippen LogP contribution in [0.5, 0.6) is 0 Å². The average molecular weight is 566 g/mol. The highest BCUT2D eigenvalue weighted by Crippen LogP contribution is 2.25. The fraction of sp³-hybridized carbons (Fsp3) is 0.419. The van der Waals surface area contributed by atoms with Crippen molar-refractivity contribution in [3.63, 3.8) is 0 Å². The Labute approximate surface area is 240 Å². The number of hydrogen-bond acceptors (Lipinski definition) is 7. The third-order valence-corrected chi connectivity index (χ3v) is 6.30. The van der Waals surface area contributed by atoms with Gasteiger partial charge in [0.15, 0.2) is 0 Å². The molecule has 0 aliphatic carbocycles. The fourth-order valence-corrected chi connectivity index (χ4v) is 4.32. The predicted octanol–water partition coefficient (Wildman–Crippen LogP) is 4.20. The molecule has 2 atom stereocenters. The van der Waals surface area contributed by atoms with Gasteiger partial charge < -0.3 is 29.8 Å². The van der Waals surface area contributed by atoms with Gasteiger partial charge in [0.2, 0.25) is 5.91 Å². The zero-order valence-corrected chi connectivity index (χ0v) is 24.4. The van der Waals surface area contributed by atoms with Crippen LogP contribution in [0.3, 0.4) is 0 Å². The fourth-order valence-electron chi connectivity index (χ4n) is 4.32. The molecule has 0 saturated heterocycles. The van der Waals surface area contributed by atoms with Crippen molar-refractivity contribution in [3.8, 4) is 0 Å². The molecule has 2 amide bonds. The van der Waals surface area contributed by atoms with Gasteiger partial charge in [-0.25, -0.2) is 9.59 Å². The Hall–Kier alpha value is -4.34. The average Bonchev–Trinajstić information content (AvgIpc) is 3.25. The van der Waals surface area contributed by atoms with Crippen molar-refractivity contribution in [2.45, 2.75) is 71.8 Å². The van der Waals surface area contributed by atoms with E-state index in [4.69, 9.17) is 14.2 Å². The Morgan fingerprint density at radius 1 is 0.927 bits per heavy atom. The van der Waals surface area contributed by atoms with Gasteiger partial charge in [0, 0.05) is 23.0 Å². The molecule has 0 unspecified atom stereocenters. The lowest BCUT2D eigenvalue weighted by atomic mass is 9.99. The largest absolute Gasteiger partial charge is 0.467 e. The van der Waals surface area contributed by atoms with E-state index in [9.17, 15) is 19.2 Å². The van der Waals surface area contributed by atoms with Crippen molar-refractivity contribution in [1.82, 2.24) is 15.6 Å².